The molecule has 0 aliphatic carbocycles. The molecule has 1 heterocycles. The van der Waals surface area contributed by atoms with E-state index in [2.05, 4.69) is 5.10 Å². The standard InChI is InChI=1S/C11H4F7N3O3/c12-9(13,10(14,15)11(16,17)18)8(22)20-7-5(4-19-20)2-1-3-6(7)21(23)24/h1-4H. The summed E-state index contributed by atoms with van der Waals surface area (Å²) < 4.78 is 88.7. The summed E-state index contributed by atoms with van der Waals surface area (Å²) in [5.41, 5.74) is -1.89. The number of hydrogen-bond acceptors (Lipinski definition) is 4. The van der Waals surface area contributed by atoms with E-state index in [0.717, 1.165) is 18.2 Å². The number of fused-ring (bicyclic) bond motifs is 1. The Morgan fingerprint density at radius 2 is 1.71 bits per heavy atom. The van der Waals surface area contributed by atoms with Gasteiger partial charge in [-0.15, -0.1) is 0 Å². The summed E-state index contributed by atoms with van der Waals surface area (Å²) in [6.07, 6.45) is -6.08. The molecule has 0 atom stereocenters. The van der Waals surface area contributed by atoms with E-state index in [1.54, 1.807) is 0 Å². The maximum atomic E-state index is 13.5. The third kappa shape index (κ3) is 2.35. The first-order chi connectivity index (χ1) is 10.8. The van der Waals surface area contributed by atoms with Crippen LogP contribution in [0, 0.1) is 10.1 Å². The number of rotatable bonds is 3. The Bertz CT molecular complexity index is 828. The van der Waals surface area contributed by atoms with Crippen molar-refractivity contribution in [1.82, 2.24) is 9.78 Å². The van der Waals surface area contributed by atoms with Gasteiger partial charge < -0.3 is 0 Å². The van der Waals surface area contributed by atoms with Gasteiger partial charge in [0.25, 0.3) is 5.69 Å². The van der Waals surface area contributed by atoms with E-state index in [0.29, 0.717) is 6.20 Å². The van der Waals surface area contributed by atoms with Crippen molar-refractivity contribution >= 4 is 22.5 Å². The minimum atomic E-state index is -6.72. The molecule has 24 heavy (non-hydrogen) atoms. The van der Waals surface area contributed by atoms with Gasteiger partial charge in [0.15, 0.2) is 5.52 Å². The van der Waals surface area contributed by atoms with Crippen molar-refractivity contribution in [2.24, 2.45) is 0 Å². The minimum absolute atomic E-state index is 0.274. The first-order valence-corrected chi connectivity index (χ1v) is 5.80. The van der Waals surface area contributed by atoms with Crippen molar-refractivity contribution in [2.45, 2.75) is 18.0 Å². The molecule has 0 spiro atoms. The number of aromatic nitrogens is 2. The molecule has 0 amide bonds. The van der Waals surface area contributed by atoms with Crippen LogP contribution in [0.15, 0.2) is 24.4 Å². The van der Waals surface area contributed by atoms with E-state index in [-0.39, 0.29) is 5.39 Å². The molecular weight excluding hydrogens is 355 g/mol. The van der Waals surface area contributed by atoms with Crippen LogP contribution in [0.4, 0.5) is 36.4 Å². The van der Waals surface area contributed by atoms with Crippen molar-refractivity contribution < 1.29 is 40.5 Å². The normalized spacial score (nSPS) is 13.3. The van der Waals surface area contributed by atoms with E-state index < -0.39 is 44.7 Å². The van der Waals surface area contributed by atoms with E-state index in [1.807, 2.05) is 0 Å². The highest BCUT2D eigenvalue weighted by Crippen LogP contribution is 2.47. The largest absolute Gasteiger partial charge is 0.460 e. The van der Waals surface area contributed by atoms with Crippen LogP contribution in [0.5, 0.6) is 0 Å². The van der Waals surface area contributed by atoms with Crippen LogP contribution in [0.3, 0.4) is 0 Å². The molecule has 1 aromatic carbocycles. The van der Waals surface area contributed by atoms with Gasteiger partial charge in [-0.2, -0.15) is 40.5 Å². The molecule has 130 valence electrons. The highest BCUT2D eigenvalue weighted by atomic mass is 19.4. The average molecular weight is 359 g/mol. The number of para-hydroxylation sites is 1. The SMILES string of the molecule is O=C(n1ncc2cccc([N+](=O)[O-])c21)C(F)(F)C(F)(F)C(F)(F)F. The first-order valence-electron chi connectivity index (χ1n) is 5.80. The molecule has 2 rings (SSSR count). The average Bonchev–Trinajstić information content (AvgIpc) is 2.88. The zero-order valence-electron chi connectivity index (χ0n) is 11.0. The van der Waals surface area contributed by atoms with Crippen LogP contribution < -0.4 is 0 Å². The van der Waals surface area contributed by atoms with Gasteiger partial charge in [-0.3, -0.25) is 14.9 Å². The maximum Gasteiger partial charge on any atom is 0.460 e. The maximum absolute atomic E-state index is 13.5. The highest BCUT2D eigenvalue weighted by Gasteiger charge is 2.76. The Kier molecular flexibility index (Phi) is 3.77. The van der Waals surface area contributed by atoms with Gasteiger partial charge in [0, 0.05) is 11.5 Å². The van der Waals surface area contributed by atoms with E-state index >= 15 is 0 Å². The van der Waals surface area contributed by atoms with Gasteiger partial charge in [-0.25, -0.2) is 0 Å². The fourth-order valence-electron chi connectivity index (χ4n) is 1.81. The second-order valence-electron chi connectivity index (χ2n) is 4.48. The Morgan fingerprint density at radius 3 is 2.21 bits per heavy atom. The van der Waals surface area contributed by atoms with Crippen LogP contribution in [-0.4, -0.2) is 38.6 Å². The predicted octanol–water partition coefficient (Wildman–Crippen LogP) is 3.42. The third-order valence-corrected chi connectivity index (χ3v) is 2.98. The van der Waals surface area contributed by atoms with Gasteiger partial charge in [0.1, 0.15) is 0 Å². The minimum Gasteiger partial charge on any atom is -0.265 e. The molecule has 1 aromatic heterocycles. The van der Waals surface area contributed by atoms with E-state index in [4.69, 9.17) is 0 Å². The monoisotopic (exact) mass is 359 g/mol. The fraction of sp³-hybridized carbons (Fsp3) is 0.273. The van der Waals surface area contributed by atoms with Crippen molar-refractivity contribution in [3.8, 4) is 0 Å². The second-order valence-corrected chi connectivity index (χ2v) is 4.48. The number of nitro groups is 1. The smallest absolute Gasteiger partial charge is 0.265 e. The van der Waals surface area contributed by atoms with Crippen LogP contribution in [0.2, 0.25) is 0 Å². The molecule has 0 N–H and O–H groups in total. The fourth-order valence-corrected chi connectivity index (χ4v) is 1.81. The Labute approximate surface area is 126 Å². The number of carbonyl (C=O) groups excluding carboxylic acids is 1. The number of non-ortho nitro benzene ring substituents is 1. The molecule has 0 aliphatic heterocycles. The summed E-state index contributed by atoms with van der Waals surface area (Å²) in [6, 6.07) is 2.90. The van der Waals surface area contributed by atoms with Crippen LogP contribution in [0.1, 0.15) is 4.79 Å². The van der Waals surface area contributed by atoms with Gasteiger partial charge in [0.2, 0.25) is 0 Å². The summed E-state index contributed by atoms with van der Waals surface area (Å²) in [4.78, 5) is 21.3. The van der Waals surface area contributed by atoms with E-state index in [9.17, 15) is 45.6 Å². The number of halogens is 7. The van der Waals surface area contributed by atoms with Crippen LogP contribution in [0.25, 0.3) is 10.9 Å². The second kappa shape index (κ2) is 5.14. The van der Waals surface area contributed by atoms with Crippen molar-refractivity contribution in [3.63, 3.8) is 0 Å². The molecule has 0 bridgehead atoms. The predicted molar refractivity (Wildman–Crippen MR) is 63.0 cm³/mol. The first kappa shape index (κ1) is 17.6. The summed E-state index contributed by atoms with van der Waals surface area (Å²) in [7, 11) is 0. The number of alkyl halides is 7. The van der Waals surface area contributed by atoms with Gasteiger partial charge in [-0.05, 0) is 0 Å². The molecule has 0 saturated carbocycles. The quantitative estimate of drug-likeness (QED) is 0.478. The summed E-state index contributed by atoms with van der Waals surface area (Å²) >= 11 is 0. The lowest BCUT2D eigenvalue weighted by Gasteiger charge is -2.26. The van der Waals surface area contributed by atoms with Gasteiger partial charge in [-0.1, -0.05) is 12.1 Å². The van der Waals surface area contributed by atoms with Gasteiger partial charge >= 0.3 is 23.9 Å². The molecule has 6 nitrogen and oxygen atoms in total. The molecule has 0 aliphatic rings. The Balaban J connectivity index is 2.67. The number of benzene rings is 1. The van der Waals surface area contributed by atoms with E-state index in [1.165, 1.54) is 0 Å². The summed E-state index contributed by atoms with van der Waals surface area (Å²) in [5.74, 6) is -16.0. The zero-order valence-corrected chi connectivity index (χ0v) is 11.0. The molecule has 0 unspecified atom stereocenters. The lowest BCUT2D eigenvalue weighted by Crippen LogP contribution is -2.57. The summed E-state index contributed by atoms with van der Waals surface area (Å²) in [5, 5.41) is 13.5. The molecule has 0 radical (unpaired) electrons. The number of nitro benzene ring substituents is 1. The van der Waals surface area contributed by atoms with Crippen molar-refractivity contribution in [3.05, 3.63) is 34.5 Å². The topological polar surface area (TPSA) is 78.0 Å². The Hall–Kier alpha value is -2.73. The van der Waals surface area contributed by atoms with Crippen molar-refractivity contribution in [1.29, 1.82) is 0 Å². The molecular formula is C11H4F7N3O3. The zero-order chi connectivity index (χ0) is 18.5. The molecule has 2 aromatic rings. The number of nitrogens with zero attached hydrogens (tertiary/aromatic N) is 3. The number of carbonyl (C=O) groups is 1. The lowest BCUT2D eigenvalue weighted by molar-refractivity contribution is -0.383. The highest BCUT2D eigenvalue weighted by molar-refractivity contribution is 5.98. The van der Waals surface area contributed by atoms with Crippen LogP contribution in [-0.2, 0) is 0 Å². The molecule has 0 fully saturated rings. The molecule has 13 heteroatoms. The molecule has 0 saturated heterocycles. The van der Waals surface area contributed by atoms with Gasteiger partial charge in [0.05, 0.1) is 11.1 Å². The third-order valence-electron chi connectivity index (χ3n) is 2.98. The van der Waals surface area contributed by atoms with Crippen LogP contribution >= 0.6 is 0 Å². The number of hydrogen-bond donors (Lipinski definition) is 0. The lowest BCUT2D eigenvalue weighted by atomic mass is 10.1. The summed E-state index contributed by atoms with van der Waals surface area (Å²) in [6.45, 7) is 0. The van der Waals surface area contributed by atoms with Crippen molar-refractivity contribution in [2.75, 3.05) is 0 Å². The Morgan fingerprint density at radius 1 is 1.12 bits per heavy atom.